The Labute approximate surface area is 124 Å². The summed E-state index contributed by atoms with van der Waals surface area (Å²) in [5, 5.41) is 1.16. The summed E-state index contributed by atoms with van der Waals surface area (Å²) >= 11 is 0. The number of anilines is 1. The van der Waals surface area contributed by atoms with E-state index < -0.39 is 0 Å². The van der Waals surface area contributed by atoms with E-state index in [2.05, 4.69) is 32.7 Å². The molecule has 2 aromatic rings. The molecular formula is C16H20N4O. The van der Waals surface area contributed by atoms with Crippen LogP contribution in [0.3, 0.4) is 0 Å². The number of aromatic amines is 1. The quantitative estimate of drug-likeness (QED) is 0.874. The van der Waals surface area contributed by atoms with Crippen LogP contribution in [-0.2, 0) is 11.2 Å². The first-order chi connectivity index (χ1) is 10.3. The first-order valence-electron chi connectivity index (χ1n) is 7.44. The fourth-order valence-electron chi connectivity index (χ4n) is 2.93. The number of terminal acetylenes is 1. The van der Waals surface area contributed by atoms with Gasteiger partial charge in [0.2, 0.25) is 0 Å². The Morgan fingerprint density at radius 3 is 2.95 bits per heavy atom. The van der Waals surface area contributed by atoms with Gasteiger partial charge in [-0.05, 0) is 24.8 Å². The number of fused-ring (bicyclic) bond motifs is 1. The zero-order valence-electron chi connectivity index (χ0n) is 12.3. The molecule has 1 N–H and O–H groups in total. The van der Waals surface area contributed by atoms with Crippen LogP contribution in [0, 0.1) is 12.3 Å². The van der Waals surface area contributed by atoms with Gasteiger partial charge in [-0.25, -0.2) is 9.97 Å². The number of aryl methyl sites for hydroxylation is 1. The van der Waals surface area contributed by atoms with Gasteiger partial charge in [-0.2, -0.15) is 0 Å². The van der Waals surface area contributed by atoms with Crippen LogP contribution >= 0.6 is 0 Å². The number of nitrogens with one attached hydrogen (secondary N) is 1. The topological polar surface area (TPSA) is 54.0 Å². The van der Waals surface area contributed by atoms with Gasteiger partial charge in [0.15, 0.2) is 0 Å². The minimum absolute atomic E-state index is 0.270. The monoisotopic (exact) mass is 284 g/mol. The fourth-order valence-corrected chi connectivity index (χ4v) is 2.93. The van der Waals surface area contributed by atoms with Crippen LogP contribution in [0.15, 0.2) is 12.5 Å². The molecule has 3 heterocycles. The van der Waals surface area contributed by atoms with Gasteiger partial charge in [-0.15, -0.1) is 6.42 Å². The van der Waals surface area contributed by atoms with Gasteiger partial charge in [0.05, 0.1) is 11.5 Å². The van der Waals surface area contributed by atoms with Crippen molar-refractivity contribution in [1.29, 1.82) is 0 Å². The van der Waals surface area contributed by atoms with Gasteiger partial charge in [0.25, 0.3) is 0 Å². The van der Waals surface area contributed by atoms with Crippen LogP contribution in [0.25, 0.3) is 11.0 Å². The maximum Gasteiger partial charge on any atom is 0.143 e. The van der Waals surface area contributed by atoms with Crippen LogP contribution in [0.4, 0.5) is 5.82 Å². The van der Waals surface area contributed by atoms with E-state index in [0.29, 0.717) is 6.61 Å². The highest BCUT2D eigenvalue weighted by molar-refractivity contribution is 5.90. The maximum atomic E-state index is 5.63. The Hall–Kier alpha value is -2.06. The summed E-state index contributed by atoms with van der Waals surface area (Å²) in [5.41, 5.74) is 2.19. The van der Waals surface area contributed by atoms with E-state index >= 15 is 0 Å². The molecule has 0 amide bonds. The molecule has 1 aliphatic rings. The van der Waals surface area contributed by atoms with Crippen molar-refractivity contribution < 1.29 is 4.74 Å². The van der Waals surface area contributed by atoms with Crippen LogP contribution in [0.2, 0.25) is 0 Å². The molecule has 0 atom stereocenters. The van der Waals surface area contributed by atoms with Crippen molar-refractivity contribution in [1.82, 2.24) is 15.0 Å². The maximum absolute atomic E-state index is 5.63. The second-order valence-corrected chi connectivity index (χ2v) is 5.29. The number of hydrogen-bond acceptors (Lipinski definition) is 4. The van der Waals surface area contributed by atoms with Gasteiger partial charge in [-0.1, -0.05) is 12.8 Å². The van der Waals surface area contributed by atoms with E-state index in [1.807, 2.05) is 6.20 Å². The van der Waals surface area contributed by atoms with Crippen LogP contribution in [0.5, 0.6) is 0 Å². The highest BCUT2D eigenvalue weighted by Gasteiger charge is 2.23. The van der Waals surface area contributed by atoms with Crippen LogP contribution < -0.4 is 4.90 Å². The molecule has 1 aliphatic heterocycles. The summed E-state index contributed by atoms with van der Waals surface area (Å²) in [6.45, 7) is 4.44. The zero-order valence-corrected chi connectivity index (χ0v) is 12.3. The number of rotatable bonds is 4. The normalized spacial score (nSPS) is 16.3. The first-order valence-corrected chi connectivity index (χ1v) is 7.44. The third kappa shape index (κ3) is 2.72. The summed E-state index contributed by atoms with van der Waals surface area (Å²) < 4.78 is 5.63. The first kappa shape index (κ1) is 13.9. The molecule has 1 saturated heterocycles. The van der Waals surface area contributed by atoms with E-state index in [1.165, 1.54) is 5.56 Å². The van der Waals surface area contributed by atoms with Crippen molar-refractivity contribution in [2.45, 2.75) is 32.3 Å². The highest BCUT2D eigenvalue weighted by atomic mass is 16.5. The Bertz CT molecular complexity index is 650. The van der Waals surface area contributed by atoms with Crippen molar-refractivity contribution in [3.63, 3.8) is 0 Å². The van der Waals surface area contributed by atoms with Gasteiger partial charge in [0, 0.05) is 19.3 Å². The molecule has 0 radical (unpaired) electrons. The molecule has 0 unspecified atom stereocenters. The van der Waals surface area contributed by atoms with Gasteiger partial charge in [-0.3, -0.25) is 0 Å². The smallest absolute Gasteiger partial charge is 0.143 e. The predicted octanol–water partition coefficient (Wildman–Crippen LogP) is 2.14. The second kappa shape index (κ2) is 6.15. The summed E-state index contributed by atoms with van der Waals surface area (Å²) in [6.07, 6.45) is 12.1. The van der Waals surface area contributed by atoms with E-state index in [1.54, 1.807) is 6.33 Å². The lowest BCUT2D eigenvalue weighted by Crippen LogP contribution is -2.37. The Morgan fingerprint density at radius 1 is 1.43 bits per heavy atom. The molecule has 0 spiro atoms. The van der Waals surface area contributed by atoms with Crippen LogP contribution in [0.1, 0.15) is 25.3 Å². The SMILES string of the molecule is C#CCOC1CCN(c2ncnc3[nH]cc(CC)c23)CC1. The van der Waals surface area contributed by atoms with Crippen molar-refractivity contribution >= 4 is 16.9 Å². The molecular weight excluding hydrogens is 264 g/mol. The summed E-state index contributed by atoms with van der Waals surface area (Å²) in [7, 11) is 0. The van der Waals surface area contributed by atoms with Crippen LogP contribution in [-0.4, -0.2) is 40.8 Å². The number of ether oxygens (including phenoxy) is 1. The molecule has 0 aromatic carbocycles. The Kier molecular flexibility index (Phi) is 4.07. The summed E-state index contributed by atoms with van der Waals surface area (Å²) in [6, 6.07) is 0. The molecule has 1 fully saturated rings. The minimum atomic E-state index is 0.270. The molecule has 0 saturated carbocycles. The molecule has 0 aliphatic carbocycles. The van der Waals surface area contributed by atoms with E-state index in [9.17, 15) is 0 Å². The Morgan fingerprint density at radius 2 is 2.24 bits per heavy atom. The molecule has 3 rings (SSSR count). The molecule has 5 heteroatoms. The zero-order chi connectivity index (χ0) is 14.7. The standard InChI is InChI=1S/C16H20N4O/c1-3-9-21-13-5-7-20(8-6-13)16-14-12(4-2)10-17-15(14)18-11-19-16/h1,10-11,13H,4-9H2,2H3,(H,17,18,19). The highest BCUT2D eigenvalue weighted by Crippen LogP contribution is 2.29. The van der Waals surface area contributed by atoms with Crippen molar-refractivity contribution in [3.8, 4) is 12.3 Å². The molecule has 2 aromatic heterocycles. The largest absolute Gasteiger partial charge is 0.365 e. The lowest BCUT2D eigenvalue weighted by molar-refractivity contribution is 0.0595. The summed E-state index contributed by atoms with van der Waals surface area (Å²) in [4.78, 5) is 14.4. The lowest BCUT2D eigenvalue weighted by Gasteiger charge is -2.32. The van der Waals surface area contributed by atoms with Gasteiger partial charge < -0.3 is 14.6 Å². The summed E-state index contributed by atoms with van der Waals surface area (Å²) in [5.74, 6) is 3.57. The third-order valence-corrected chi connectivity index (χ3v) is 4.06. The molecule has 110 valence electrons. The van der Waals surface area contributed by atoms with Gasteiger partial charge in [0.1, 0.15) is 24.4 Å². The van der Waals surface area contributed by atoms with Crippen molar-refractivity contribution in [2.75, 3.05) is 24.6 Å². The average Bonchev–Trinajstić information content (AvgIpc) is 2.96. The predicted molar refractivity (Wildman–Crippen MR) is 83.3 cm³/mol. The number of piperidine rings is 1. The molecule has 21 heavy (non-hydrogen) atoms. The molecule has 5 nitrogen and oxygen atoms in total. The number of nitrogens with zero attached hydrogens (tertiary/aromatic N) is 3. The van der Waals surface area contributed by atoms with E-state index in [0.717, 1.165) is 49.2 Å². The lowest BCUT2D eigenvalue weighted by atomic mass is 10.1. The number of hydrogen-bond donors (Lipinski definition) is 1. The minimum Gasteiger partial charge on any atom is -0.365 e. The molecule has 0 bridgehead atoms. The van der Waals surface area contributed by atoms with Gasteiger partial charge >= 0.3 is 0 Å². The second-order valence-electron chi connectivity index (χ2n) is 5.29. The van der Waals surface area contributed by atoms with Crippen molar-refractivity contribution in [2.24, 2.45) is 0 Å². The fraction of sp³-hybridized carbons (Fsp3) is 0.500. The average molecular weight is 284 g/mol. The third-order valence-electron chi connectivity index (χ3n) is 4.06. The Balaban J connectivity index is 1.79. The van der Waals surface area contributed by atoms with E-state index in [4.69, 9.17) is 11.2 Å². The van der Waals surface area contributed by atoms with E-state index in [-0.39, 0.29) is 6.10 Å². The number of H-pyrrole nitrogens is 1. The van der Waals surface area contributed by atoms with Crippen molar-refractivity contribution in [3.05, 3.63) is 18.1 Å². The number of aromatic nitrogens is 3.